The first-order valence-corrected chi connectivity index (χ1v) is 11.5. The van der Waals surface area contributed by atoms with Crippen molar-refractivity contribution >= 4 is 33.4 Å². The van der Waals surface area contributed by atoms with Crippen LogP contribution in [0.5, 0.6) is 0 Å². The van der Waals surface area contributed by atoms with Gasteiger partial charge in [0.05, 0.1) is 16.2 Å². The first-order chi connectivity index (χ1) is 13.9. The molecule has 1 heterocycles. The van der Waals surface area contributed by atoms with Crippen LogP contribution in [-0.2, 0) is 19.4 Å². The normalized spacial score (nSPS) is 22.8. The van der Waals surface area contributed by atoms with E-state index in [0.29, 0.717) is 17.9 Å². The van der Waals surface area contributed by atoms with Gasteiger partial charge in [0.25, 0.3) is 0 Å². The maximum absolute atomic E-state index is 13.1. The van der Waals surface area contributed by atoms with E-state index in [1.54, 1.807) is 20.8 Å². The first kappa shape index (κ1) is 22.4. The van der Waals surface area contributed by atoms with Crippen molar-refractivity contribution in [1.29, 1.82) is 5.26 Å². The first-order valence-electron chi connectivity index (χ1n) is 9.59. The van der Waals surface area contributed by atoms with Crippen LogP contribution in [0.4, 0.5) is 4.79 Å². The largest absolute Gasteiger partial charge is 0.444 e. The van der Waals surface area contributed by atoms with Crippen LogP contribution < -0.4 is 5.32 Å². The summed E-state index contributed by atoms with van der Waals surface area (Å²) in [5.74, 6) is -0.547. The lowest BCUT2D eigenvalue weighted by Gasteiger charge is -2.28. The van der Waals surface area contributed by atoms with Crippen molar-refractivity contribution in [2.45, 2.75) is 67.4 Å². The summed E-state index contributed by atoms with van der Waals surface area (Å²) < 4.78 is 31.6. The summed E-state index contributed by atoms with van der Waals surface area (Å²) in [5, 5.41) is 11.3. The summed E-state index contributed by atoms with van der Waals surface area (Å²) >= 11 is 5.85. The van der Waals surface area contributed by atoms with Crippen LogP contribution in [-0.4, -0.2) is 54.3 Å². The predicted octanol–water partition coefficient (Wildman–Crippen LogP) is 2.66. The number of carbonyl (C=O) groups excluding carboxylic acids is 2. The molecule has 0 spiro atoms. The van der Waals surface area contributed by atoms with Crippen molar-refractivity contribution < 1.29 is 22.7 Å². The molecular formula is C20H24ClN3O5S. The second kappa shape index (κ2) is 7.75. The van der Waals surface area contributed by atoms with Gasteiger partial charge < -0.3 is 10.1 Å². The third-order valence-electron chi connectivity index (χ3n) is 5.10. The molecule has 3 rings (SSSR count). The molecule has 30 heavy (non-hydrogen) atoms. The van der Waals surface area contributed by atoms with Gasteiger partial charge in [0.1, 0.15) is 17.2 Å². The van der Waals surface area contributed by atoms with E-state index in [1.807, 2.05) is 0 Å². The van der Waals surface area contributed by atoms with E-state index in [-0.39, 0.29) is 17.9 Å². The minimum absolute atomic E-state index is 0.0674. The Balaban J connectivity index is 1.87. The Hall–Kier alpha value is -2.31. The number of amides is 2. The van der Waals surface area contributed by atoms with E-state index >= 15 is 0 Å². The van der Waals surface area contributed by atoms with Gasteiger partial charge >= 0.3 is 6.09 Å². The summed E-state index contributed by atoms with van der Waals surface area (Å²) in [4.78, 5) is 26.8. The fraction of sp³-hybridized carbons (Fsp3) is 0.550. The van der Waals surface area contributed by atoms with Gasteiger partial charge in [-0.25, -0.2) is 13.2 Å². The molecule has 2 fully saturated rings. The zero-order chi connectivity index (χ0) is 22.3. The molecule has 8 nitrogen and oxygen atoms in total. The van der Waals surface area contributed by atoms with Gasteiger partial charge in [0.2, 0.25) is 5.91 Å². The van der Waals surface area contributed by atoms with Gasteiger partial charge in [-0.2, -0.15) is 5.26 Å². The third kappa shape index (κ3) is 4.71. The standard InChI is InChI=1S/C20H24ClN3O5S/c1-19(2,3)29-18(26)24-11-15(30(27,28)14-6-4-13(21)5-7-14)10-16(24)17(25)23-20(12-22)8-9-20/h4-7,15-16H,8-11H2,1-3H3,(H,23,25). The molecule has 0 aromatic heterocycles. The van der Waals surface area contributed by atoms with Crippen LogP contribution in [0.25, 0.3) is 0 Å². The number of benzene rings is 1. The number of hydrogen-bond donors (Lipinski definition) is 1. The van der Waals surface area contributed by atoms with Crippen LogP contribution in [0.1, 0.15) is 40.0 Å². The van der Waals surface area contributed by atoms with Gasteiger partial charge in [-0.1, -0.05) is 11.6 Å². The molecule has 1 saturated carbocycles. The number of ether oxygens (including phenoxy) is 1. The maximum atomic E-state index is 13.1. The Morgan fingerprint density at radius 1 is 1.27 bits per heavy atom. The van der Waals surface area contributed by atoms with E-state index in [2.05, 4.69) is 11.4 Å². The molecule has 1 N–H and O–H groups in total. The number of carbonyl (C=O) groups is 2. The van der Waals surface area contributed by atoms with Gasteiger partial charge in [0, 0.05) is 11.6 Å². The Morgan fingerprint density at radius 2 is 1.87 bits per heavy atom. The molecule has 1 aliphatic carbocycles. The van der Waals surface area contributed by atoms with Crippen molar-refractivity contribution in [3.63, 3.8) is 0 Å². The molecule has 2 aliphatic rings. The fourth-order valence-corrected chi connectivity index (χ4v) is 5.14. The highest BCUT2D eigenvalue weighted by Crippen LogP contribution is 2.36. The Morgan fingerprint density at radius 3 is 2.37 bits per heavy atom. The summed E-state index contributed by atoms with van der Waals surface area (Å²) in [7, 11) is -3.82. The SMILES string of the molecule is CC(C)(C)OC(=O)N1CC(S(=O)(=O)c2ccc(Cl)cc2)CC1C(=O)NC1(C#N)CC1. The van der Waals surface area contributed by atoms with Crippen LogP contribution in [0, 0.1) is 11.3 Å². The highest BCUT2D eigenvalue weighted by Gasteiger charge is 2.51. The number of hydrogen-bond acceptors (Lipinski definition) is 6. The summed E-state index contributed by atoms with van der Waals surface area (Å²) in [6.07, 6.45) is 0.206. The van der Waals surface area contributed by atoms with Crippen molar-refractivity contribution in [1.82, 2.24) is 10.2 Å². The lowest BCUT2D eigenvalue weighted by molar-refractivity contribution is -0.126. The molecule has 1 saturated heterocycles. The van der Waals surface area contributed by atoms with Crippen molar-refractivity contribution in [2.24, 2.45) is 0 Å². The molecule has 1 aromatic carbocycles. The smallest absolute Gasteiger partial charge is 0.411 e. The molecule has 2 unspecified atom stereocenters. The lowest BCUT2D eigenvalue weighted by atomic mass is 10.2. The number of likely N-dealkylation sites (tertiary alicyclic amines) is 1. The lowest BCUT2D eigenvalue weighted by Crippen LogP contribution is -2.50. The van der Waals surface area contributed by atoms with E-state index in [9.17, 15) is 23.3 Å². The summed E-state index contributed by atoms with van der Waals surface area (Å²) in [6.45, 7) is 4.88. The molecule has 2 atom stereocenters. The van der Waals surface area contributed by atoms with Crippen LogP contribution in [0.3, 0.4) is 0 Å². The average Bonchev–Trinajstić information content (AvgIpc) is 3.25. The highest BCUT2D eigenvalue weighted by molar-refractivity contribution is 7.92. The molecule has 0 bridgehead atoms. The maximum Gasteiger partial charge on any atom is 0.411 e. The van der Waals surface area contributed by atoms with E-state index in [0.717, 1.165) is 4.90 Å². The van der Waals surface area contributed by atoms with E-state index in [1.165, 1.54) is 24.3 Å². The Kier molecular flexibility index (Phi) is 5.78. The molecule has 2 amide bonds. The second-order valence-electron chi connectivity index (χ2n) is 8.69. The fourth-order valence-electron chi connectivity index (χ4n) is 3.32. The predicted molar refractivity (Wildman–Crippen MR) is 109 cm³/mol. The monoisotopic (exact) mass is 453 g/mol. The van der Waals surface area contributed by atoms with Crippen LogP contribution in [0.15, 0.2) is 29.2 Å². The minimum Gasteiger partial charge on any atom is -0.444 e. The minimum atomic E-state index is -3.82. The summed E-state index contributed by atoms with van der Waals surface area (Å²) in [5.41, 5.74) is -1.74. The topological polar surface area (TPSA) is 117 Å². The summed E-state index contributed by atoms with van der Waals surface area (Å²) in [6, 6.07) is 6.77. The van der Waals surface area contributed by atoms with E-state index < -0.39 is 44.3 Å². The van der Waals surface area contributed by atoms with Gasteiger partial charge in [-0.15, -0.1) is 0 Å². The highest BCUT2D eigenvalue weighted by atomic mass is 35.5. The van der Waals surface area contributed by atoms with E-state index in [4.69, 9.17) is 16.3 Å². The van der Waals surface area contributed by atoms with Crippen LogP contribution >= 0.6 is 11.6 Å². The van der Waals surface area contributed by atoms with Crippen molar-refractivity contribution in [2.75, 3.05) is 6.54 Å². The number of nitrogens with one attached hydrogen (secondary N) is 1. The second-order valence-corrected chi connectivity index (χ2v) is 11.4. The molecule has 1 aliphatic heterocycles. The Labute approximate surface area is 181 Å². The number of nitrogens with zero attached hydrogens (tertiary/aromatic N) is 2. The number of halogens is 1. The zero-order valence-corrected chi connectivity index (χ0v) is 18.6. The number of nitriles is 1. The van der Waals surface area contributed by atoms with Crippen LogP contribution in [0.2, 0.25) is 5.02 Å². The molecular weight excluding hydrogens is 430 g/mol. The number of sulfone groups is 1. The van der Waals surface area contributed by atoms with Crippen molar-refractivity contribution in [3.8, 4) is 6.07 Å². The molecule has 10 heteroatoms. The van der Waals surface area contributed by atoms with Gasteiger partial charge in [-0.3, -0.25) is 9.69 Å². The Bertz CT molecular complexity index is 991. The van der Waals surface area contributed by atoms with Gasteiger partial charge in [0.15, 0.2) is 9.84 Å². The third-order valence-corrected chi connectivity index (χ3v) is 7.50. The average molecular weight is 454 g/mol. The van der Waals surface area contributed by atoms with Crippen molar-refractivity contribution in [3.05, 3.63) is 29.3 Å². The quantitative estimate of drug-likeness (QED) is 0.749. The zero-order valence-electron chi connectivity index (χ0n) is 17.0. The molecule has 1 aromatic rings. The van der Waals surface area contributed by atoms with Gasteiger partial charge in [-0.05, 0) is 64.3 Å². The number of rotatable bonds is 4. The molecule has 0 radical (unpaired) electrons. The molecule has 162 valence electrons.